The van der Waals surface area contributed by atoms with Crippen LogP contribution in [0.1, 0.15) is 43.6 Å². The molecule has 3 aliphatic heterocycles. The number of aryl methyl sites for hydroxylation is 1. The molecule has 0 aliphatic carbocycles. The van der Waals surface area contributed by atoms with Gasteiger partial charge in [0, 0.05) is 51.9 Å². The second kappa shape index (κ2) is 8.71. The standard InChI is InChI=1S/C20H32N4O3/c1-23-13-15(10-22-23)18-11-21-12-19(18)20(25)24-7-5-16(6-8-24)27-14-17-4-2-3-9-26-17/h10,13,16-19,21H,2-9,11-12,14H2,1H3/t17?,18-,19+/m1/s1. The van der Waals surface area contributed by atoms with Crippen LogP contribution in [0.15, 0.2) is 12.4 Å². The summed E-state index contributed by atoms with van der Waals surface area (Å²) in [7, 11) is 1.92. The van der Waals surface area contributed by atoms with E-state index in [1.54, 1.807) is 0 Å². The van der Waals surface area contributed by atoms with Crippen molar-refractivity contribution in [2.75, 3.05) is 39.4 Å². The van der Waals surface area contributed by atoms with E-state index in [2.05, 4.69) is 10.4 Å². The Morgan fingerprint density at radius 2 is 2.15 bits per heavy atom. The van der Waals surface area contributed by atoms with Crippen molar-refractivity contribution < 1.29 is 14.3 Å². The molecule has 3 saturated heterocycles. The minimum Gasteiger partial charge on any atom is -0.376 e. The van der Waals surface area contributed by atoms with Gasteiger partial charge in [-0.05, 0) is 37.7 Å². The average molecular weight is 377 g/mol. The number of nitrogens with one attached hydrogen (secondary N) is 1. The van der Waals surface area contributed by atoms with Gasteiger partial charge in [-0.3, -0.25) is 9.48 Å². The summed E-state index contributed by atoms with van der Waals surface area (Å²) in [6.07, 6.45) is 9.84. The number of rotatable bonds is 5. The van der Waals surface area contributed by atoms with Crippen LogP contribution in [0.25, 0.3) is 0 Å². The van der Waals surface area contributed by atoms with E-state index in [0.717, 1.165) is 57.6 Å². The monoisotopic (exact) mass is 376 g/mol. The summed E-state index contributed by atoms with van der Waals surface area (Å²) < 4.78 is 13.6. The minimum absolute atomic E-state index is 0.0160. The lowest BCUT2D eigenvalue weighted by atomic mass is 9.89. The van der Waals surface area contributed by atoms with E-state index in [0.29, 0.717) is 6.61 Å². The first-order chi connectivity index (χ1) is 13.2. The molecule has 4 rings (SSSR count). The largest absolute Gasteiger partial charge is 0.376 e. The predicted octanol–water partition coefficient (Wildman–Crippen LogP) is 1.30. The lowest BCUT2D eigenvalue weighted by molar-refractivity contribution is -0.139. The number of amides is 1. The molecule has 0 bridgehead atoms. The van der Waals surface area contributed by atoms with Gasteiger partial charge in [0.2, 0.25) is 5.91 Å². The van der Waals surface area contributed by atoms with Crippen LogP contribution in [0.4, 0.5) is 0 Å². The van der Waals surface area contributed by atoms with Gasteiger partial charge >= 0.3 is 0 Å². The van der Waals surface area contributed by atoms with Crippen molar-refractivity contribution in [1.29, 1.82) is 0 Å². The van der Waals surface area contributed by atoms with Gasteiger partial charge < -0.3 is 19.7 Å². The third-order valence-electron chi connectivity index (χ3n) is 6.23. The van der Waals surface area contributed by atoms with E-state index in [1.165, 1.54) is 12.8 Å². The summed E-state index contributed by atoms with van der Waals surface area (Å²) in [6.45, 7) is 4.77. The summed E-state index contributed by atoms with van der Waals surface area (Å²) in [5.74, 6) is 0.522. The molecule has 7 heteroatoms. The molecule has 0 radical (unpaired) electrons. The van der Waals surface area contributed by atoms with Gasteiger partial charge in [0.15, 0.2) is 0 Å². The van der Waals surface area contributed by atoms with E-state index in [9.17, 15) is 4.79 Å². The second-order valence-corrected chi connectivity index (χ2v) is 8.17. The van der Waals surface area contributed by atoms with Crippen LogP contribution in [0, 0.1) is 5.92 Å². The lowest BCUT2D eigenvalue weighted by Gasteiger charge is -2.35. The molecule has 3 fully saturated rings. The molecule has 3 aliphatic rings. The summed E-state index contributed by atoms with van der Waals surface area (Å²) >= 11 is 0. The van der Waals surface area contributed by atoms with Crippen molar-refractivity contribution in [1.82, 2.24) is 20.0 Å². The second-order valence-electron chi connectivity index (χ2n) is 8.17. The van der Waals surface area contributed by atoms with Crippen LogP contribution < -0.4 is 5.32 Å². The van der Waals surface area contributed by atoms with Gasteiger partial charge in [0.1, 0.15) is 0 Å². The quantitative estimate of drug-likeness (QED) is 0.839. The van der Waals surface area contributed by atoms with Crippen LogP contribution in [0.3, 0.4) is 0 Å². The Kier molecular flexibility index (Phi) is 6.10. The molecule has 1 aromatic heterocycles. The van der Waals surface area contributed by atoms with E-state index in [4.69, 9.17) is 9.47 Å². The van der Waals surface area contributed by atoms with Crippen LogP contribution in [0.2, 0.25) is 0 Å². The Balaban J connectivity index is 1.25. The van der Waals surface area contributed by atoms with E-state index in [-0.39, 0.29) is 30.0 Å². The third kappa shape index (κ3) is 4.52. The molecule has 0 aromatic carbocycles. The highest BCUT2D eigenvalue weighted by Gasteiger charge is 2.38. The van der Waals surface area contributed by atoms with Gasteiger partial charge in [-0.1, -0.05) is 0 Å². The molecule has 3 atom stereocenters. The molecule has 1 unspecified atom stereocenters. The highest BCUT2D eigenvalue weighted by atomic mass is 16.5. The van der Waals surface area contributed by atoms with Gasteiger partial charge in [-0.25, -0.2) is 0 Å². The highest BCUT2D eigenvalue weighted by molar-refractivity contribution is 5.80. The molecular weight excluding hydrogens is 344 g/mol. The number of carbonyl (C=O) groups is 1. The maximum absolute atomic E-state index is 13.1. The Hall–Kier alpha value is -1.44. The zero-order valence-electron chi connectivity index (χ0n) is 16.3. The predicted molar refractivity (Wildman–Crippen MR) is 101 cm³/mol. The van der Waals surface area contributed by atoms with E-state index < -0.39 is 0 Å². The number of likely N-dealkylation sites (tertiary alicyclic amines) is 1. The summed E-state index contributed by atoms with van der Waals surface area (Å²) in [5, 5.41) is 7.67. The molecule has 4 heterocycles. The maximum atomic E-state index is 13.1. The van der Waals surface area contributed by atoms with Crippen LogP contribution in [-0.4, -0.2) is 72.2 Å². The maximum Gasteiger partial charge on any atom is 0.227 e. The van der Waals surface area contributed by atoms with Gasteiger partial charge in [-0.2, -0.15) is 5.10 Å². The molecular formula is C20H32N4O3. The number of piperidine rings is 1. The van der Waals surface area contributed by atoms with Crippen molar-refractivity contribution in [3.8, 4) is 0 Å². The van der Waals surface area contributed by atoms with Crippen molar-refractivity contribution in [3.63, 3.8) is 0 Å². The molecule has 0 saturated carbocycles. The van der Waals surface area contributed by atoms with E-state index >= 15 is 0 Å². The first-order valence-electron chi connectivity index (χ1n) is 10.4. The molecule has 1 aromatic rings. The number of ether oxygens (including phenoxy) is 2. The third-order valence-corrected chi connectivity index (χ3v) is 6.23. The Labute approximate surface area is 161 Å². The molecule has 0 spiro atoms. The van der Waals surface area contributed by atoms with Gasteiger partial charge in [0.05, 0.1) is 30.9 Å². The topological polar surface area (TPSA) is 68.6 Å². The zero-order chi connectivity index (χ0) is 18.6. The fourth-order valence-electron chi connectivity index (χ4n) is 4.58. The number of hydrogen-bond donors (Lipinski definition) is 1. The molecule has 27 heavy (non-hydrogen) atoms. The summed E-state index contributed by atoms with van der Waals surface area (Å²) in [5.41, 5.74) is 1.16. The normalized spacial score (nSPS) is 30.0. The minimum atomic E-state index is 0.0160. The molecule has 1 amide bonds. The van der Waals surface area contributed by atoms with Crippen molar-refractivity contribution in [2.45, 2.75) is 50.2 Å². The molecule has 150 valence electrons. The van der Waals surface area contributed by atoms with Crippen molar-refractivity contribution in [2.24, 2.45) is 13.0 Å². The van der Waals surface area contributed by atoms with Crippen LogP contribution in [0.5, 0.6) is 0 Å². The first kappa shape index (κ1) is 18.9. The highest BCUT2D eigenvalue weighted by Crippen LogP contribution is 2.30. The van der Waals surface area contributed by atoms with E-state index in [1.807, 2.05) is 29.0 Å². The number of carbonyl (C=O) groups excluding carboxylic acids is 1. The Morgan fingerprint density at radius 1 is 1.30 bits per heavy atom. The zero-order valence-corrected chi connectivity index (χ0v) is 16.3. The molecule has 1 N–H and O–H groups in total. The fraction of sp³-hybridized carbons (Fsp3) is 0.800. The van der Waals surface area contributed by atoms with Crippen LogP contribution in [-0.2, 0) is 21.3 Å². The fourth-order valence-corrected chi connectivity index (χ4v) is 4.58. The van der Waals surface area contributed by atoms with Crippen molar-refractivity contribution >= 4 is 5.91 Å². The average Bonchev–Trinajstić information content (AvgIpc) is 3.36. The first-order valence-corrected chi connectivity index (χ1v) is 10.4. The molecule has 7 nitrogen and oxygen atoms in total. The Morgan fingerprint density at radius 3 is 2.85 bits per heavy atom. The van der Waals surface area contributed by atoms with Crippen LogP contribution >= 0.6 is 0 Å². The SMILES string of the molecule is Cn1cc([C@H]2CNC[C@@H]2C(=O)N2CCC(OCC3CCCCO3)CC2)cn1. The lowest BCUT2D eigenvalue weighted by Crippen LogP contribution is -2.45. The smallest absolute Gasteiger partial charge is 0.227 e. The Bertz CT molecular complexity index is 620. The summed E-state index contributed by atoms with van der Waals surface area (Å²) in [6, 6.07) is 0. The van der Waals surface area contributed by atoms with Gasteiger partial charge in [0.25, 0.3) is 0 Å². The number of nitrogens with zero attached hydrogens (tertiary/aromatic N) is 3. The number of hydrogen-bond acceptors (Lipinski definition) is 5. The van der Waals surface area contributed by atoms with Crippen molar-refractivity contribution in [3.05, 3.63) is 18.0 Å². The van der Waals surface area contributed by atoms with Gasteiger partial charge in [-0.15, -0.1) is 0 Å². The number of aromatic nitrogens is 2. The summed E-state index contributed by atoms with van der Waals surface area (Å²) in [4.78, 5) is 15.1.